The number of ether oxygens (including phenoxy) is 1. The van der Waals surface area contributed by atoms with Gasteiger partial charge in [-0.1, -0.05) is 0 Å². The molecule has 0 saturated heterocycles. The van der Waals surface area contributed by atoms with Gasteiger partial charge in [-0.2, -0.15) is 0 Å². The molecule has 0 aliphatic carbocycles. The van der Waals surface area contributed by atoms with E-state index in [2.05, 4.69) is 20.9 Å². The molecule has 1 N–H and O–H groups in total. The molecule has 0 radical (unpaired) electrons. The van der Waals surface area contributed by atoms with Gasteiger partial charge in [-0.05, 0) is 54.8 Å². The zero-order chi connectivity index (χ0) is 12.2. The molecule has 90 valence electrons. The second-order valence-corrected chi connectivity index (χ2v) is 5.34. The second-order valence-electron chi connectivity index (χ2n) is 4.42. The standard InChI is InChI=1S/C12H18BrNO2/c1-12(2,16-3)7-6-11(15)10-5-4-9(13)8-14-10/h4-5,8,11,15H,6-7H2,1-3H3. The van der Waals surface area contributed by atoms with Gasteiger partial charge in [0, 0.05) is 17.8 Å². The molecule has 0 fully saturated rings. The molecule has 3 nitrogen and oxygen atoms in total. The predicted molar refractivity (Wildman–Crippen MR) is 67.2 cm³/mol. The summed E-state index contributed by atoms with van der Waals surface area (Å²) in [6, 6.07) is 3.71. The molecule has 0 aromatic carbocycles. The number of rotatable bonds is 5. The largest absolute Gasteiger partial charge is 0.387 e. The van der Waals surface area contributed by atoms with Crippen LogP contribution in [0.25, 0.3) is 0 Å². The highest BCUT2D eigenvalue weighted by atomic mass is 79.9. The van der Waals surface area contributed by atoms with Crippen molar-refractivity contribution in [3.63, 3.8) is 0 Å². The minimum atomic E-state index is -0.525. The van der Waals surface area contributed by atoms with Crippen LogP contribution in [0.15, 0.2) is 22.8 Å². The first-order chi connectivity index (χ1) is 7.44. The van der Waals surface area contributed by atoms with Crippen LogP contribution in [-0.4, -0.2) is 22.8 Å². The van der Waals surface area contributed by atoms with E-state index >= 15 is 0 Å². The molecule has 16 heavy (non-hydrogen) atoms. The maximum atomic E-state index is 9.94. The van der Waals surface area contributed by atoms with E-state index in [9.17, 15) is 5.11 Å². The first-order valence-corrected chi connectivity index (χ1v) is 6.08. The number of hydrogen-bond donors (Lipinski definition) is 1. The molecule has 1 aromatic heterocycles. The summed E-state index contributed by atoms with van der Waals surface area (Å²) in [5.74, 6) is 0. The van der Waals surface area contributed by atoms with Gasteiger partial charge in [-0.3, -0.25) is 4.98 Å². The van der Waals surface area contributed by atoms with Gasteiger partial charge < -0.3 is 9.84 Å². The monoisotopic (exact) mass is 287 g/mol. The lowest BCUT2D eigenvalue weighted by atomic mass is 9.99. The summed E-state index contributed by atoms with van der Waals surface area (Å²) in [6.07, 6.45) is 2.61. The zero-order valence-corrected chi connectivity index (χ0v) is 11.5. The van der Waals surface area contributed by atoms with E-state index in [-0.39, 0.29) is 5.60 Å². The van der Waals surface area contributed by atoms with Gasteiger partial charge in [0.25, 0.3) is 0 Å². The molecule has 4 heteroatoms. The number of halogens is 1. The third-order valence-corrected chi connectivity index (χ3v) is 3.13. The minimum Gasteiger partial charge on any atom is -0.387 e. The van der Waals surface area contributed by atoms with Crippen LogP contribution in [0.2, 0.25) is 0 Å². The summed E-state index contributed by atoms with van der Waals surface area (Å²) < 4.78 is 6.22. The second kappa shape index (κ2) is 5.75. The highest BCUT2D eigenvalue weighted by Gasteiger charge is 2.19. The minimum absolute atomic E-state index is 0.198. The molecule has 1 atom stereocenters. The van der Waals surface area contributed by atoms with Crippen LogP contribution in [0.3, 0.4) is 0 Å². The molecule has 1 unspecified atom stereocenters. The summed E-state index contributed by atoms with van der Waals surface area (Å²) >= 11 is 3.31. The van der Waals surface area contributed by atoms with Crippen LogP contribution in [0.1, 0.15) is 38.5 Å². The van der Waals surface area contributed by atoms with E-state index in [1.807, 2.05) is 26.0 Å². The fourth-order valence-electron chi connectivity index (χ4n) is 1.32. The fraction of sp³-hybridized carbons (Fsp3) is 0.583. The van der Waals surface area contributed by atoms with Crippen molar-refractivity contribution in [3.05, 3.63) is 28.5 Å². The molecular weight excluding hydrogens is 270 g/mol. The Kier molecular flexibility index (Phi) is 4.89. The van der Waals surface area contributed by atoms with E-state index in [4.69, 9.17) is 4.74 Å². The van der Waals surface area contributed by atoms with Gasteiger partial charge in [0.15, 0.2) is 0 Å². The van der Waals surface area contributed by atoms with Gasteiger partial charge in [-0.15, -0.1) is 0 Å². The first-order valence-electron chi connectivity index (χ1n) is 5.29. The summed E-state index contributed by atoms with van der Waals surface area (Å²) in [4.78, 5) is 4.17. The van der Waals surface area contributed by atoms with E-state index in [0.717, 1.165) is 10.9 Å². The summed E-state index contributed by atoms with van der Waals surface area (Å²) in [5.41, 5.74) is 0.506. The number of nitrogens with zero attached hydrogens (tertiary/aromatic N) is 1. The molecule has 0 aliphatic heterocycles. The summed E-state index contributed by atoms with van der Waals surface area (Å²) in [5, 5.41) is 9.94. The van der Waals surface area contributed by atoms with E-state index in [0.29, 0.717) is 12.1 Å². The number of aromatic nitrogens is 1. The van der Waals surface area contributed by atoms with Crippen molar-refractivity contribution in [2.75, 3.05) is 7.11 Å². The van der Waals surface area contributed by atoms with Crippen LogP contribution in [0.5, 0.6) is 0 Å². The Morgan fingerprint density at radius 3 is 2.69 bits per heavy atom. The average molecular weight is 288 g/mol. The van der Waals surface area contributed by atoms with Crippen molar-refractivity contribution in [3.8, 4) is 0 Å². The van der Waals surface area contributed by atoms with Crippen molar-refractivity contribution >= 4 is 15.9 Å². The van der Waals surface area contributed by atoms with Gasteiger partial charge in [0.05, 0.1) is 17.4 Å². The van der Waals surface area contributed by atoms with E-state index in [1.54, 1.807) is 13.3 Å². The highest BCUT2D eigenvalue weighted by Crippen LogP contribution is 2.23. The Hall–Kier alpha value is -0.450. The molecule has 0 aliphatic rings. The Labute approximate surface area is 105 Å². The van der Waals surface area contributed by atoms with Gasteiger partial charge in [-0.25, -0.2) is 0 Å². The van der Waals surface area contributed by atoms with E-state index in [1.165, 1.54) is 0 Å². The summed E-state index contributed by atoms with van der Waals surface area (Å²) in [7, 11) is 1.68. The maximum Gasteiger partial charge on any atom is 0.0960 e. The molecular formula is C12H18BrNO2. The number of aliphatic hydroxyl groups excluding tert-OH is 1. The van der Waals surface area contributed by atoms with Crippen LogP contribution in [-0.2, 0) is 4.74 Å². The lowest BCUT2D eigenvalue weighted by Crippen LogP contribution is -2.23. The van der Waals surface area contributed by atoms with Crippen LogP contribution in [0, 0.1) is 0 Å². The predicted octanol–water partition coefficient (Wildman–Crippen LogP) is 3.08. The lowest BCUT2D eigenvalue weighted by molar-refractivity contribution is 0.00241. The van der Waals surface area contributed by atoms with Crippen molar-refractivity contribution in [1.82, 2.24) is 4.98 Å². The smallest absolute Gasteiger partial charge is 0.0960 e. The van der Waals surface area contributed by atoms with Gasteiger partial charge in [0.2, 0.25) is 0 Å². The average Bonchev–Trinajstić information content (AvgIpc) is 2.27. The van der Waals surface area contributed by atoms with E-state index < -0.39 is 6.10 Å². The van der Waals surface area contributed by atoms with Gasteiger partial charge >= 0.3 is 0 Å². The van der Waals surface area contributed by atoms with Crippen LogP contribution < -0.4 is 0 Å². The van der Waals surface area contributed by atoms with Crippen LogP contribution >= 0.6 is 15.9 Å². The van der Waals surface area contributed by atoms with Crippen molar-refractivity contribution in [2.45, 2.75) is 38.4 Å². The first kappa shape index (κ1) is 13.6. The van der Waals surface area contributed by atoms with Crippen molar-refractivity contribution in [2.24, 2.45) is 0 Å². The van der Waals surface area contributed by atoms with Crippen molar-refractivity contribution in [1.29, 1.82) is 0 Å². The molecule has 1 heterocycles. The third-order valence-electron chi connectivity index (χ3n) is 2.66. The maximum absolute atomic E-state index is 9.94. The van der Waals surface area contributed by atoms with Gasteiger partial charge in [0.1, 0.15) is 0 Å². The normalized spacial score (nSPS) is 13.8. The summed E-state index contributed by atoms with van der Waals surface area (Å²) in [6.45, 7) is 4.02. The Morgan fingerprint density at radius 1 is 1.50 bits per heavy atom. The Morgan fingerprint density at radius 2 is 2.19 bits per heavy atom. The zero-order valence-electron chi connectivity index (χ0n) is 9.90. The van der Waals surface area contributed by atoms with Crippen molar-refractivity contribution < 1.29 is 9.84 Å². The molecule has 0 bridgehead atoms. The highest BCUT2D eigenvalue weighted by molar-refractivity contribution is 9.10. The van der Waals surface area contributed by atoms with Crippen LogP contribution in [0.4, 0.5) is 0 Å². The molecule has 1 aromatic rings. The third kappa shape index (κ3) is 4.20. The number of aliphatic hydroxyl groups is 1. The number of hydrogen-bond acceptors (Lipinski definition) is 3. The molecule has 0 amide bonds. The SMILES string of the molecule is COC(C)(C)CCC(O)c1ccc(Br)cn1. The molecule has 0 saturated carbocycles. The Balaban J connectivity index is 2.53. The topological polar surface area (TPSA) is 42.4 Å². The fourth-order valence-corrected chi connectivity index (χ4v) is 1.55. The number of pyridine rings is 1. The lowest BCUT2D eigenvalue weighted by Gasteiger charge is -2.24. The quantitative estimate of drug-likeness (QED) is 0.905. The molecule has 1 rings (SSSR count). The number of methoxy groups -OCH3 is 1. The Bertz CT molecular complexity index is 324. The molecule has 0 spiro atoms.